The second-order valence-corrected chi connectivity index (χ2v) is 9.47. The largest absolute Gasteiger partial charge is 0.490 e. The van der Waals surface area contributed by atoms with Gasteiger partial charge >= 0.3 is 0 Å². The Labute approximate surface area is 192 Å². The lowest BCUT2D eigenvalue weighted by atomic mass is 10.2. The summed E-state index contributed by atoms with van der Waals surface area (Å²) >= 11 is 0. The van der Waals surface area contributed by atoms with Gasteiger partial charge in [0.15, 0.2) is 11.5 Å². The van der Waals surface area contributed by atoms with Crippen LogP contribution in [0.2, 0.25) is 0 Å². The standard InChI is InChI=1S/C23H26N4O5S/c1-16-14-17(2)27(25-16)11-10-23(28)24-18-4-6-19(7-5-18)26-33(29,30)20-8-9-21-22(15-20)32-13-3-12-31-21/h4-9,14-15,26H,3,10-13H2,1-2H3,(H,24,28). The molecule has 3 aromatic rings. The first-order valence-electron chi connectivity index (χ1n) is 10.6. The molecule has 0 atom stereocenters. The summed E-state index contributed by atoms with van der Waals surface area (Å²) in [7, 11) is -3.82. The van der Waals surface area contributed by atoms with Gasteiger partial charge in [0.25, 0.3) is 10.0 Å². The van der Waals surface area contributed by atoms with E-state index in [1.54, 1.807) is 35.0 Å². The van der Waals surface area contributed by atoms with Crippen molar-refractivity contribution in [2.24, 2.45) is 0 Å². The number of rotatable bonds is 7. The van der Waals surface area contributed by atoms with E-state index in [0.29, 0.717) is 42.6 Å². The van der Waals surface area contributed by atoms with Crippen LogP contribution in [0.25, 0.3) is 0 Å². The molecule has 1 aliphatic rings. The second kappa shape index (κ2) is 9.53. The zero-order valence-corrected chi connectivity index (χ0v) is 19.3. The molecule has 33 heavy (non-hydrogen) atoms. The number of ether oxygens (including phenoxy) is 2. The molecule has 9 nitrogen and oxygen atoms in total. The number of benzene rings is 2. The van der Waals surface area contributed by atoms with Crippen molar-refractivity contribution in [3.8, 4) is 11.5 Å². The lowest BCUT2D eigenvalue weighted by Crippen LogP contribution is -2.16. The summed E-state index contributed by atoms with van der Waals surface area (Å²) in [6, 6.07) is 13.0. The minimum absolute atomic E-state index is 0.0771. The van der Waals surface area contributed by atoms with Crippen LogP contribution in [0, 0.1) is 13.8 Å². The van der Waals surface area contributed by atoms with Crippen molar-refractivity contribution in [1.29, 1.82) is 0 Å². The molecule has 0 bridgehead atoms. The number of aryl methyl sites for hydroxylation is 3. The van der Waals surface area contributed by atoms with E-state index >= 15 is 0 Å². The van der Waals surface area contributed by atoms with Gasteiger partial charge in [0, 0.05) is 42.5 Å². The summed E-state index contributed by atoms with van der Waals surface area (Å²) in [5, 5.41) is 7.16. The lowest BCUT2D eigenvalue weighted by Gasteiger charge is -2.12. The number of amides is 1. The molecule has 174 valence electrons. The van der Waals surface area contributed by atoms with Gasteiger partial charge in [-0.3, -0.25) is 14.2 Å². The average molecular weight is 471 g/mol. The molecule has 2 heterocycles. The molecule has 2 N–H and O–H groups in total. The Bertz CT molecular complexity index is 1250. The minimum atomic E-state index is -3.82. The number of anilines is 2. The molecule has 0 radical (unpaired) electrons. The van der Waals surface area contributed by atoms with Gasteiger partial charge in [-0.15, -0.1) is 0 Å². The highest BCUT2D eigenvalue weighted by Gasteiger charge is 2.19. The summed E-state index contributed by atoms with van der Waals surface area (Å²) < 4.78 is 41.1. The van der Waals surface area contributed by atoms with E-state index in [-0.39, 0.29) is 17.2 Å². The third-order valence-electron chi connectivity index (χ3n) is 5.10. The van der Waals surface area contributed by atoms with Crippen LogP contribution in [0.1, 0.15) is 24.2 Å². The Balaban J connectivity index is 1.36. The molecule has 1 aliphatic heterocycles. The summed E-state index contributed by atoms with van der Waals surface area (Å²) in [5.41, 5.74) is 2.87. The van der Waals surface area contributed by atoms with E-state index in [4.69, 9.17) is 9.47 Å². The Morgan fingerprint density at radius 2 is 1.70 bits per heavy atom. The predicted octanol–water partition coefficient (Wildman–Crippen LogP) is 3.49. The van der Waals surface area contributed by atoms with E-state index in [9.17, 15) is 13.2 Å². The molecular formula is C23H26N4O5S. The van der Waals surface area contributed by atoms with E-state index < -0.39 is 10.0 Å². The van der Waals surface area contributed by atoms with Crippen LogP contribution < -0.4 is 19.5 Å². The van der Waals surface area contributed by atoms with Crippen molar-refractivity contribution in [3.05, 3.63) is 59.9 Å². The Kier molecular flexibility index (Phi) is 6.55. The highest BCUT2D eigenvalue weighted by Crippen LogP contribution is 2.32. The average Bonchev–Trinajstić information content (AvgIpc) is 2.96. The smallest absolute Gasteiger partial charge is 0.262 e. The molecule has 0 fully saturated rings. The van der Waals surface area contributed by atoms with Crippen molar-refractivity contribution in [3.63, 3.8) is 0 Å². The maximum absolute atomic E-state index is 12.8. The highest BCUT2D eigenvalue weighted by atomic mass is 32.2. The minimum Gasteiger partial charge on any atom is -0.490 e. The van der Waals surface area contributed by atoms with Gasteiger partial charge < -0.3 is 14.8 Å². The number of nitrogens with one attached hydrogen (secondary N) is 2. The van der Waals surface area contributed by atoms with Crippen molar-refractivity contribution in [2.75, 3.05) is 23.3 Å². The number of aromatic nitrogens is 2. The molecule has 0 spiro atoms. The summed E-state index contributed by atoms with van der Waals surface area (Å²) in [5.74, 6) is 0.793. The monoisotopic (exact) mass is 470 g/mol. The summed E-state index contributed by atoms with van der Waals surface area (Å²) in [6.07, 6.45) is 1.01. The number of carbonyl (C=O) groups excluding carboxylic acids is 1. The maximum Gasteiger partial charge on any atom is 0.262 e. The van der Waals surface area contributed by atoms with Gasteiger partial charge in [-0.05, 0) is 56.3 Å². The van der Waals surface area contributed by atoms with E-state index in [1.807, 2.05) is 19.9 Å². The fraction of sp³-hybridized carbons (Fsp3) is 0.304. The van der Waals surface area contributed by atoms with Crippen molar-refractivity contribution < 1.29 is 22.7 Å². The molecule has 10 heteroatoms. The molecular weight excluding hydrogens is 444 g/mol. The molecule has 0 unspecified atom stereocenters. The lowest BCUT2D eigenvalue weighted by molar-refractivity contribution is -0.116. The van der Waals surface area contributed by atoms with Gasteiger partial charge in [-0.2, -0.15) is 5.10 Å². The maximum atomic E-state index is 12.8. The third kappa shape index (κ3) is 5.64. The van der Waals surface area contributed by atoms with Crippen LogP contribution in [0.15, 0.2) is 53.4 Å². The van der Waals surface area contributed by atoms with Gasteiger partial charge in [0.05, 0.1) is 23.8 Å². The molecule has 1 aromatic heterocycles. The first-order chi connectivity index (χ1) is 15.8. The first-order valence-corrected chi connectivity index (χ1v) is 12.1. The fourth-order valence-corrected chi connectivity index (χ4v) is 4.55. The Hall–Kier alpha value is -3.53. The van der Waals surface area contributed by atoms with Crippen molar-refractivity contribution >= 4 is 27.3 Å². The van der Waals surface area contributed by atoms with Crippen LogP contribution in [0.5, 0.6) is 11.5 Å². The summed E-state index contributed by atoms with van der Waals surface area (Å²) in [6.45, 7) is 5.35. The third-order valence-corrected chi connectivity index (χ3v) is 6.48. The molecule has 0 saturated heterocycles. The Morgan fingerprint density at radius 3 is 2.39 bits per heavy atom. The molecule has 0 saturated carbocycles. The van der Waals surface area contributed by atoms with E-state index in [0.717, 1.165) is 17.8 Å². The quantitative estimate of drug-likeness (QED) is 0.547. The number of fused-ring (bicyclic) bond motifs is 1. The van der Waals surface area contributed by atoms with Crippen molar-refractivity contribution in [1.82, 2.24) is 9.78 Å². The SMILES string of the molecule is Cc1cc(C)n(CCC(=O)Nc2ccc(NS(=O)(=O)c3ccc4c(c3)OCCCO4)cc2)n1. The normalized spacial score (nSPS) is 13.3. The number of hydrogen-bond donors (Lipinski definition) is 2. The molecule has 2 aromatic carbocycles. The number of carbonyl (C=O) groups is 1. The number of nitrogens with zero attached hydrogens (tertiary/aromatic N) is 2. The van der Waals surface area contributed by atoms with Gasteiger partial charge in [-0.25, -0.2) is 8.42 Å². The van der Waals surface area contributed by atoms with Gasteiger partial charge in [0.1, 0.15) is 0 Å². The van der Waals surface area contributed by atoms with Gasteiger partial charge in [-0.1, -0.05) is 0 Å². The second-order valence-electron chi connectivity index (χ2n) is 7.79. The Morgan fingerprint density at radius 1 is 1.00 bits per heavy atom. The van der Waals surface area contributed by atoms with Crippen LogP contribution in [-0.4, -0.2) is 37.3 Å². The zero-order chi connectivity index (χ0) is 23.4. The van der Waals surface area contributed by atoms with Crippen LogP contribution in [-0.2, 0) is 21.4 Å². The van der Waals surface area contributed by atoms with E-state index in [1.165, 1.54) is 12.1 Å². The first kappa shape index (κ1) is 22.7. The molecule has 0 aliphatic carbocycles. The van der Waals surface area contributed by atoms with E-state index in [2.05, 4.69) is 15.1 Å². The van der Waals surface area contributed by atoms with Crippen LogP contribution in [0.4, 0.5) is 11.4 Å². The molecule has 1 amide bonds. The highest BCUT2D eigenvalue weighted by molar-refractivity contribution is 7.92. The number of hydrogen-bond acceptors (Lipinski definition) is 6. The van der Waals surface area contributed by atoms with Gasteiger partial charge in [0.2, 0.25) is 5.91 Å². The fourth-order valence-electron chi connectivity index (χ4n) is 3.48. The molecule has 4 rings (SSSR count). The van der Waals surface area contributed by atoms with Crippen molar-refractivity contribution in [2.45, 2.75) is 38.1 Å². The topological polar surface area (TPSA) is 112 Å². The summed E-state index contributed by atoms with van der Waals surface area (Å²) in [4.78, 5) is 12.3. The number of sulfonamides is 1. The van der Waals surface area contributed by atoms with Crippen LogP contribution >= 0.6 is 0 Å². The predicted molar refractivity (Wildman–Crippen MR) is 124 cm³/mol. The van der Waals surface area contributed by atoms with Crippen LogP contribution in [0.3, 0.4) is 0 Å². The zero-order valence-electron chi connectivity index (χ0n) is 18.5.